The molecule has 2 heterocycles. The zero-order chi connectivity index (χ0) is 16.9. The molecule has 0 aliphatic carbocycles. The number of fused-ring (bicyclic) bond motifs is 1. The summed E-state index contributed by atoms with van der Waals surface area (Å²) in [6, 6.07) is 8.19. The van der Waals surface area contributed by atoms with E-state index in [4.69, 9.17) is 4.98 Å². The molecule has 0 bridgehead atoms. The van der Waals surface area contributed by atoms with E-state index >= 15 is 0 Å². The summed E-state index contributed by atoms with van der Waals surface area (Å²) < 4.78 is 1.22. The first kappa shape index (κ1) is 16.9. The number of carbonyl (C=O) groups excluding carboxylic acids is 2. The Morgan fingerprint density at radius 3 is 2.96 bits per heavy atom. The van der Waals surface area contributed by atoms with E-state index in [1.165, 1.54) is 4.70 Å². The van der Waals surface area contributed by atoms with Crippen LogP contribution in [0.4, 0.5) is 0 Å². The molecule has 0 radical (unpaired) electrons. The number of carbonyl (C=O) groups is 2. The van der Waals surface area contributed by atoms with Crippen LogP contribution >= 0.6 is 11.3 Å². The molecule has 24 heavy (non-hydrogen) atoms. The molecule has 1 aromatic carbocycles. The summed E-state index contributed by atoms with van der Waals surface area (Å²) in [6.07, 6.45) is 2.17. The molecule has 2 N–H and O–H groups in total. The Labute approximate surface area is 145 Å². The number of likely N-dealkylation sites (N-methyl/N-ethyl adjacent to an activating group) is 1. The summed E-state index contributed by atoms with van der Waals surface area (Å²) in [5.74, 6) is 0.0841. The van der Waals surface area contributed by atoms with Gasteiger partial charge in [0.1, 0.15) is 0 Å². The number of thiazole rings is 1. The van der Waals surface area contributed by atoms with E-state index < -0.39 is 0 Å². The molecule has 2 aromatic rings. The number of benzene rings is 1. The van der Waals surface area contributed by atoms with Crippen molar-refractivity contribution >= 4 is 33.4 Å². The van der Waals surface area contributed by atoms with Crippen molar-refractivity contribution in [1.29, 1.82) is 0 Å². The van der Waals surface area contributed by atoms with Gasteiger partial charge in [-0.2, -0.15) is 0 Å². The second-order valence-electron chi connectivity index (χ2n) is 6.04. The number of aromatic nitrogens is 1. The van der Waals surface area contributed by atoms with Crippen molar-refractivity contribution in [3.63, 3.8) is 0 Å². The van der Waals surface area contributed by atoms with E-state index in [-0.39, 0.29) is 18.4 Å². The van der Waals surface area contributed by atoms with Gasteiger partial charge in [0.05, 0.1) is 28.3 Å². The Bertz CT molecular complexity index is 697. The zero-order valence-electron chi connectivity index (χ0n) is 13.7. The molecule has 0 saturated carbocycles. The lowest BCUT2D eigenvalue weighted by atomic mass is 9.99. The number of rotatable bonds is 5. The van der Waals surface area contributed by atoms with Gasteiger partial charge in [-0.1, -0.05) is 12.1 Å². The third kappa shape index (κ3) is 4.10. The number of piperidine rings is 1. The zero-order valence-corrected chi connectivity index (χ0v) is 14.6. The van der Waals surface area contributed by atoms with Crippen LogP contribution in [0.5, 0.6) is 0 Å². The Morgan fingerprint density at radius 1 is 1.33 bits per heavy atom. The van der Waals surface area contributed by atoms with Crippen LogP contribution in [0.3, 0.4) is 0 Å². The van der Waals surface area contributed by atoms with Crippen molar-refractivity contribution in [2.75, 3.05) is 33.2 Å². The maximum Gasteiger partial charge on any atom is 0.239 e. The largest absolute Gasteiger partial charge is 0.358 e. The number of likely N-dealkylation sites (tertiary alicyclic amines) is 1. The molecule has 0 spiro atoms. The minimum Gasteiger partial charge on any atom is -0.358 e. The lowest BCUT2D eigenvalue weighted by Gasteiger charge is -2.31. The van der Waals surface area contributed by atoms with E-state index in [0.717, 1.165) is 36.5 Å². The lowest BCUT2D eigenvalue weighted by molar-refractivity contribution is -0.126. The summed E-state index contributed by atoms with van der Waals surface area (Å²) in [4.78, 5) is 30.1. The van der Waals surface area contributed by atoms with Gasteiger partial charge in [-0.3, -0.25) is 14.5 Å². The fraction of sp³-hybridized carbons (Fsp3) is 0.471. The van der Waals surface area contributed by atoms with Crippen LogP contribution in [0, 0.1) is 0 Å². The minimum atomic E-state index is -0.186. The second-order valence-corrected chi connectivity index (χ2v) is 7.11. The van der Waals surface area contributed by atoms with Crippen molar-refractivity contribution in [2.24, 2.45) is 0 Å². The highest BCUT2D eigenvalue weighted by atomic mass is 32.1. The van der Waals surface area contributed by atoms with Gasteiger partial charge in [-0.25, -0.2) is 4.98 Å². The van der Waals surface area contributed by atoms with Crippen LogP contribution < -0.4 is 10.6 Å². The molecule has 3 rings (SSSR count). The minimum absolute atomic E-state index is 0.0322. The monoisotopic (exact) mass is 346 g/mol. The fourth-order valence-corrected chi connectivity index (χ4v) is 4.08. The summed E-state index contributed by atoms with van der Waals surface area (Å²) in [7, 11) is 1.56. The number of nitrogens with one attached hydrogen (secondary N) is 2. The van der Waals surface area contributed by atoms with Crippen LogP contribution in [0.25, 0.3) is 10.2 Å². The van der Waals surface area contributed by atoms with Crippen molar-refractivity contribution in [1.82, 2.24) is 20.5 Å². The number of para-hydroxylation sites is 1. The van der Waals surface area contributed by atoms with Gasteiger partial charge in [0.15, 0.2) is 0 Å². The first-order valence-electron chi connectivity index (χ1n) is 8.21. The molecule has 1 aromatic heterocycles. The molecule has 1 atom stereocenters. The van der Waals surface area contributed by atoms with Crippen molar-refractivity contribution in [2.45, 2.75) is 18.8 Å². The van der Waals surface area contributed by atoms with Gasteiger partial charge in [-0.15, -0.1) is 11.3 Å². The smallest absolute Gasteiger partial charge is 0.239 e. The Morgan fingerprint density at radius 2 is 2.17 bits per heavy atom. The highest BCUT2D eigenvalue weighted by molar-refractivity contribution is 7.18. The Balaban J connectivity index is 1.58. The lowest BCUT2D eigenvalue weighted by Crippen LogP contribution is -2.44. The van der Waals surface area contributed by atoms with Crippen LogP contribution in [-0.2, 0) is 9.59 Å². The molecule has 1 fully saturated rings. The van der Waals surface area contributed by atoms with E-state index in [2.05, 4.69) is 21.6 Å². The highest BCUT2D eigenvalue weighted by Gasteiger charge is 2.25. The summed E-state index contributed by atoms with van der Waals surface area (Å²) >= 11 is 1.75. The number of nitrogens with zero attached hydrogens (tertiary/aromatic N) is 2. The van der Waals surface area contributed by atoms with Crippen LogP contribution in [0.1, 0.15) is 23.8 Å². The summed E-state index contributed by atoms with van der Waals surface area (Å²) in [5, 5.41) is 6.30. The highest BCUT2D eigenvalue weighted by Crippen LogP contribution is 2.32. The first-order valence-corrected chi connectivity index (χ1v) is 9.02. The van der Waals surface area contributed by atoms with Crippen molar-refractivity contribution in [3.05, 3.63) is 29.3 Å². The molecule has 1 saturated heterocycles. The number of hydrogen-bond acceptors (Lipinski definition) is 5. The van der Waals surface area contributed by atoms with Crippen molar-refractivity contribution in [3.8, 4) is 0 Å². The average Bonchev–Trinajstić information content (AvgIpc) is 3.04. The number of hydrogen-bond donors (Lipinski definition) is 2. The SMILES string of the molecule is CNC(=O)CNC(=O)CN1CCC[C@H](c2nc3ccccc3s2)C1. The van der Waals surface area contributed by atoms with E-state index in [1.54, 1.807) is 18.4 Å². The maximum absolute atomic E-state index is 12.0. The third-order valence-electron chi connectivity index (χ3n) is 4.26. The molecule has 128 valence electrons. The fourth-order valence-electron chi connectivity index (χ4n) is 2.99. The van der Waals surface area contributed by atoms with Gasteiger partial charge >= 0.3 is 0 Å². The standard InChI is InChI=1S/C17H22N4O2S/c1-18-15(22)9-19-16(23)11-21-8-4-5-12(10-21)17-20-13-6-2-3-7-14(13)24-17/h2-3,6-7,12H,4-5,8-11H2,1H3,(H,18,22)(H,19,23)/t12-/m0/s1. The molecule has 1 aliphatic heterocycles. The van der Waals surface area contributed by atoms with E-state index in [0.29, 0.717) is 12.5 Å². The molecule has 2 amide bonds. The van der Waals surface area contributed by atoms with Gasteiger partial charge in [0.25, 0.3) is 0 Å². The van der Waals surface area contributed by atoms with Gasteiger partial charge < -0.3 is 10.6 Å². The first-order chi connectivity index (χ1) is 11.7. The maximum atomic E-state index is 12.0. The van der Waals surface area contributed by atoms with Crippen LogP contribution in [0.2, 0.25) is 0 Å². The summed E-state index contributed by atoms with van der Waals surface area (Å²) in [5.41, 5.74) is 1.05. The second kappa shape index (κ2) is 7.72. The average molecular weight is 346 g/mol. The predicted octanol–water partition coefficient (Wildman–Crippen LogP) is 1.34. The summed E-state index contributed by atoms with van der Waals surface area (Å²) in [6.45, 7) is 2.12. The normalized spacial score (nSPS) is 18.5. The van der Waals surface area contributed by atoms with E-state index in [9.17, 15) is 9.59 Å². The predicted molar refractivity (Wildman–Crippen MR) is 95.1 cm³/mol. The molecule has 0 unspecified atom stereocenters. The quantitative estimate of drug-likeness (QED) is 0.857. The molecule has 6 nitrogen and oxygen atoms in total. The van der Waals surface area contributed by atoms with Gasteiger partial charge in [0, 0.05) is 19.5 Å². The third-order valence-corrected chi connectivity index (χ3v) is 5.46. The van der Waals surface area contributed by atoms with E-state index in [1.807, 2.05) is 18.2 Å². The van der Waals surface area contributed by atoms with Crippen LogP contribution in [0.15, 0.2) is 24.3 Å². The molecule has 7 heteroatoms. The molecular weight excluding hydrogens is 324 g/mol. The molecular formula is C17H22N4O2S. The number of amides is 2. The Hall–Kier alpha value is -1.99. The topological polar surface area (TPSA) is 74.3 Å². The van der Waals surface area contributed by atoms with Crippen LogP contribution in [-0.4, -0.2) is 54.9 Å². The van der Waals surface area contributed by atoms with Gasteiger partial charge in [-0.05, 0) is 31.5 Å². The molecule has 1 aliphatic rings. The van der Waals surface area contributed by atoms with Crippen molar-refractivity contribution < 1.29 is 9.59 Å². The Kier molecular flexibility index (Phi) is 5.42. The van der Waals surface area contributed by atoms with Gasteiger partial charge in [0.2, 0.25) is 11.8 Å².